The first-order valence-corrected chi connectivity index (χ1v) is 8.36. The van der Waals surface area contributed by atoms with Crippen LogP contribution >= 0.6 is 15.9 Å². The lowest BCUT2D eigenvalue weighted by Gasteiger charge is -2.29. The molecule has 5 heteroatoms. The molecule has 0 bridgehead atoms. The minimum absolute atomic E-state index is 0.772. The van der Waals surface area contributed by atoms with Gasteiger partial charge in [-0.2, -0.15) is 0 Å². The van der Waals surface area contributed by atoms with Crippen molar-refractivity contribution in [2.24, 2.45) is 4.99 Å². The fraction of sp³-hybridized carbons (Fsp3) is 0.278. The van der Waals surface area contributed by atoms with Crippen LogP contribution in [0.25, 0.3) is 0 Å². The molecule has 23 heavy (non-hydrogen) atoms. The first-order valence-electron chi connectivity index (χ1n) is 7.56. The molecule has 1 fully saturated rings. The van der Waals surface area contributed by atoms with Crippen molar-refractivity contribution >= 4 is 33.5 Å². The summed E-state index contributed by atoms with van der Waals surface area (Å²) in [5.74, 6) is 0.827. The monoisotopic (exact) mass is 374 g/mol. The first kappa shape index (κ1) is 16.0. The number of hydrogen-bond acceptors (Lipinski definition) is 4. The van der Waals surface area contributed by atoms with Crippen molar-refractivity contribution in [2.75, 3.05) is 38.3 Å². The zero-order chi connectivity index (χ0) is 16.1. The molecule has 0 aromatic heterocycles. The summed E-state index contributed by atoms with van der Waals surface area (Å²) in [6.07, 6.45) is 1.84. The van der Waals surface area contributed by atoms with Crippen LogP contribution in [0.4, 0.5) is 11.4 Å². The van der Waals surface area contributed by atoms with Gasteiger partial charge in [-0.1, -0.05) is 22.0 Å². The van der Waals surface area contributed by atoms with Crippen molar-refractivity contribution in [1.29, 1.82) is 0 Å². The van der Waals surface area contributed by atoms with E-state index in [1.165, 1.54) is 0 Å². The molecule has 0 amide bonds. The zero-order valence-corrected chi connectivity index (χ0v) is 14.6. The summed E-state index contributed by atoms with van der Waals surface area (Å²) in [7, 11) is 1.69. The van der Waals surface area contributed by atoms with E-state index in [1.807, 2.05) is 36.5 Å². The van der Waals surface area contributed by atoms with E-state index in [4.69, 9.17) is 9.47 Å². The molecule has 0 radical (unpaired) electrons. The maximum atomic E-state index is 5.53. The summed E-state index contributed by atoms with van der Waals surface area (Å²) in [5.41, 5.74) is 3.02. The van der Waals surface area contributed by atoms with Gasteiger partial charge in [0.25, 0.3) is 0 Å². The van der Waals surface area contributed by atoms with Gasteiger partial charge in [-0.3, -0.25) is 4.99 Å². The molecule has 1 aliphatic rings. The summed E-state index contributed by atoms with van der Waals surface area (Å²) >= 11 is 3.46. The number of aliphatic imine (C=N–C) groups is 1. The quantitative estimate of drug-likeness (QED) is 0.757. The van der Waals surface area contributed by atoms with Crippen LogP contribution in [0.3, 0.4) is 0 Å². The lowest BCUT2D eigenvalue weighted by atomic mass is 10.1. The van der Waals surface area contributed by atoms with Gasteiger partial charge >= 0.3 is 0 Å². The molecule has 0 spiro atoms. The molecule has 120 valence electrons. The highest BCUT2D eigenvalue weighted by Gasteiger charge is 2.13. The van der Waals surface area contributed by atoms with E-state index in [0.717, 1.165) is 53.5 Å². The molecule has 1 saturated heterocycles. The van der Waals surface area contributed by atoms with Crippen LogP contribution < -0.4 is 9.64 Å². The van der Waals surface area contributed by atoms with E-state index in [1.54, 1.807) is 7.11 Å². The van der Waals surface area contributed by atoms with Gasteiger partial charge in [0.2, 0.25) is 0 Å². The van der Waals surface area contributed by atoms with Crippen LogP contribution in [0.15, 0.2) is 51.9 Å². The Morgan fingerprint density at radius 1 is 1.17 bits per heavy atom. The van der Waals surface area contributed by atoms with Crippen molar-refractivity contribution in [3.63, 3.8) is 0 Å². The SMILES string of the molecule is COc1cc(N2CCOCC2)ccc1C=Nc1cccc(Br)c1. The van der Waals surface area contributed by atoms with E-state index in [-0.39, 0.29) is 0 Å². The van der Waals surface area contributed by atoms with Crippen molar-refractivity contribution in [3.8, 4) is 5.75 Å². The Kier molecular flexibility index (Phi) is 5.31. The molecule has 0 N–H and O–H groups in total. The lowest BCUT2D eigenvalue weighted by Crippen LogP contribution is -2.36. The summed E-state index contributed by atoms with van der Waals surface area (Å²) in [5, 5.41) is 0. The molecule has 1 heterocycles. The third kappa shape index (κ3) is 4.12. The molecule has 2 aromatic carbocycles. The number of rotatable bonds is 4. The summed E-state index contributed by atoms with van der Waals surface area (Å²) < 4.78 is 11.9. The predicted octanol–water partition coefficient (Wildman–Crippen LogP) is 4.04. The third-order valence-electron chi connectivity index (χ3n) is 3.75. The molecule has 1 aliphatic heterocycles. The number of methoxy groups -OCH3 is 1. The van der Waals surface area contributed by atoms with Crippen molar-refractivity contribution < 1.29 is 9.47 Å². The van der Waals surface area contributed by atoms with Crippen LogP contribution in [0.2, 0.25) is 0 Å². The summed E-state index contributed by atoms with van der Waals surface area (Å²) in [6, 6.07) is 14.1. The Labute approximate surface area is 144 Å². The van der Waals surface area contributed by atoms with Crippen molar-refractivity contribution in [3.05, 3.63) is 52.5 Å². The van der Waals surface area contributed by atoms with E-state index in [0.29, 0.717) is 0 Å². The number of anilines is 1. The highest BCUT2D eigenvalue weighted by Crippen LogP contribution is 2.26. The van der Waals surface area contributed by atoms with Crippen molar-refractivity contribution in [1.82, 2.24) is 0 Å². The molecule has 0 saturated carbocycles. The van der Waals surface area contributed by atoms with Crippen molar-refractivity contribution in [2.45, 2.75) is 0 Å². The van der Waals surface area contributed by atoms with Gasteiger partial charge in [0.05, 0.1) is 26.0 Å². The Hall–Kier alpha value is -1.85. The highest BCUT2D eigenvalue weighted by atomic mass is 79.9. The van der Waals surface area contributed by atoms with Gasteiger partial charge in [-0.25, -0.2) is 0 Å². The Balaban J connectivity index is 1.82. The Morgan fingerprint density at radius 3 is 2.74 bits per heavy atom. The molecular weight excluding hydrogens is 356 g/mol. The summed E-state index contributed by atoms with van der Waals surface area (Å²) in [6.45, 7) is 3.37. The second kappa shape index (κ2) is 7.62. The first-order chi connectivity index (χ1) is 11.3. The standard InChI is InChI=1S/C18H19BrN2O2/c1-22-18-12-17(21-7-9-23-10-8-21)6-5-14(18)13-20-16-4-2-3-15(19)11-16/h2-6,11-13H,7-10H2,1H3. The number of hydrogen-bond donors (Lipinski definition) is 0. The molecule has 0 aliphatic carbocycles. The van der Waals surface area contributed by atoms with E-state index in [9.17, 15) is 0 Å². The van der Waals surface area contributed by atoms with Crippen LogP contribution in [-0.4, -0.2) is 39.6 Å². The van der Waals surface area contributed by atoms with Gasteiger partial charge in [0.1, 0.15) is 5.75 Å². The molecule has 0 unspecified atom stereocenters. The number of benzene rings is 2. The smallest absolute Gasteiger partial charge is 0.129 e. The number of halogens is 1. The predicted molar refractivity (Wildman–Crippen MR) is 97.4 cm³/mol. The lowest BCUT2D eigenvalue weighted by molar-refractivity contribution is 0.122. The number of ether oxygens (including phenoxy) is 2. The second-order valence-electron chi connectivity index (χ2n) is 5.26. The number of morpholine rings is 1. The fourth-order valence-corrected chi connectivity index (χ4v) is 2.91. The third-order valence-corrected chi connectivity index (χ3v) is 4.25. The van der Waals surface area contributed by atoms with E-state index < -0.39 is 0 Å². The topological polar surface area (TPSA) is 34.1 Å². The molecule has 3 rings (SSSR count). The largest absolute Gasteiger partial charge is 0.496 e. The minimum Gasteiger partial charge on any atom is -0.496 e. The van der Waals surface area contributed by atoms with E-state index in [2.05, 4.69) is 38.0 Å². The Morgan fingerprint density at radius 2 is 2.00 bits per heavy atom. The van der Waals surface area contributed by atoms with Crippen LogP contribution in [0.1, 0.15) is 5.56 Å². The minimum atomic E-state index is 0.772. The summed E-state index contributed by atoms with van der Waals surface area (Å²) in [4.78, 5) is 6.83. The van der Waals surface area contributed by atoms with Gasteiger partial charge in [-0.15, -0.1) is 0 Å². The molecule has 0 atom stereocenters. The Bertz CT molecular complexity index is 697. The molecular formula is C18H19BrN2O2. The molecule has 2 aromatic rings. The van der Waals surface area contributed by atoms with Gasteiger partial charge in [0.15, 0.2) is 0 Å². The highest BCUT2D eigenvalue weighted by molar-refractivity contribution is 9.10. The average Bonchev–Trinajstić information content (AvgIpc) is 2.60. The molecule has 4 nitrogen and oxygen atoms in total. The van der Waals surface area contributed by atoms with Gasteiger partial charge in [0, 0.05) is 41.1 Å². The maximum Gasteiger partial charge on any atom is 0.129 e. The van der Waals surface area contributed by atoms with Crippen LogP contribution in [-0.2, 0) is 4.74 Å². The maximum absolute atomic E-state index is 5.53. The van der Waals surface area contributed by atoms with Gasteiger partial charge < -0.3 is 14.4 Å². The zero-order valence-electron chi connectivity index (χ0n) is 13.0. The normalized spacial score (nSPS) is 15.1. The van der Waals surface area contributed by atoms with Gasteiger partial charge in [-0.05, 0) is 30.3 Å². The van der Waals surface area contributed by atoms with Crippen LogP contribution in [0.5, 0.6) is 5.75 Å². The number of nitrogens with zero attached hydrogens (tertiary/aromatic N) is 2. The fourth-order valence-electron chi connectivity index (χ4n) is 2.53. The second-order valence-corrected chi connectivity index (χ2v) is 6.18. The van der Waals surface area contributed by atoms with Crippen LogP contribution in [0, 0.1) is 0 Å². The average molecular weight is 375 g/mol. The van der Waals surface area contributed by atoms with E-state index >= 15 is 0 Å².